The number of benzene rings is 1. The maximum absolute atomic E-state index is 13.3. The van der Waals surface area contributed by atoms with Crippen molar-refractivity contribution >= 4 is 22.9 Å². The summed E-state index contributed by atoms with van der Waals surface area (Å²) in [6, 6.07) is 8.97. The van der Waals surface area contributed by atoms with Crippen LogP contribution in [0.1, 0.15) is 35.4 Å². The molecule has 2 aromatic rings. The van der Waals surface area contributed by atoms with Gasteiger partial charge in [-0.3, -0.25) is 0 Å². The molecule has 0 aliphatic carbocycles. The van der Waals surface area contributed by atoms with Crippen LogP contribution < -0.4 is 5.32 Å². The van der Waals surface area contributed by atoms with Gasteiger partial charge in [0.05, 0.1) is 10.9 Å². The molecule has 2 rings (SSSR count). The molecular formula is C15H17ClFNOS. The molecule has 0 bridgehead atoms. The van der Waals surface area contributed by atoms with Gasteiger partial charge in [-0.15, -0.1) is 11.3 Å². The Balaban J connectivity index is 2.03. The second kappa shape index (κ2) is 7.18. The second-order valence-corrected chi connectivity index (χ2v) is 6.31. The minimum atomic E-state index is -0.367. The summed E-state index contributed by atoms with van der Waals surface area (Å²) in [7, 11) is 0. The normalized spacial score (nSPS) is 12.6. The maximum Gasteiger partial charge on any atom is 0.128 e. The van der Waals surface area contributed by atoms with Crippen LogP contribution in [0.5, 0.6) is 0 Å². The molecular weight excluding hydrogens is 297 g/mol. The summed E-state index contributed by atoms with van der Waals surface area (Å²) >= 11 is 7.53. The van der Waals surface area contributed by atoms with Crippen LogP contribution in [0.3, 0.4) is 0 Å². The molecule has 0 aliphatic rings. The number of rotatable bonds is 6. The lowest BCUT2D eigenvalue weighted by Crippen LogP contribution is -2.19. The zero-order valence-corrected chi connectivity index (χ0v) is 12.8. The summed E-state index contributed by atoms with van der Waals surface area (Å²) in [6.07, 6.45) is 0.949. The highest BCUT2D eigenvalue weighted by Gasteiger charge is 2.11. The minimum Gasteiger partial charge on any atom is -0.392 e. The predicted molar refractivity (Wildman–Crippen MR) is 81.5 cm³/mol. The van der Waals surface area contributed by atoms with E-state index in [9.17, 15) is 4.39 Å². The van der Waals surface area contributed by atoms with E-state index < -0.39 is 0 Å². The van der Waals surface area contributed by atoms with Gasteiger partial charge in [0.2, 0.25) is 0 Å². The second-order valence-electron chi connectivity index (χ2n) is 4.57. The number of halogens is 2. The first-order valence-electron chi connectivity index (χ1n) is 6.50. The molecule has 0 saturated carbocycles. The third-order valence-corrected chi connectivity index (χ3v) is 4.52. The van der Waals surface area contributed by atoms with E-state index in [-0.39, 0.29) is 18.5 Å². The molecule has 0 radical (unpaired) electrons. The summed E-state index contributed by atoms with van der Waals surface area (Å²) in [5.41, 5.74) is 1.29. The largest absolute Gasteiger partial charge is 0.392 e. The predicted octanol–water partition coefficient (Wildman–Crippen LogP) is 4.27. The van der Waals surface area contributed by atoms with E-state index >= 15 is 0 Å². The van der Waals surface area contributed by atoms with Gasteiger partial charge < -0.3 is 10.4 Å². The molecule has 1 heterocycles. The van der Waals surface area contributed by atoms with Crippen molar-refractivity contribution in [2.45, 2.75) is 32.5 Å². The molecule has 1 aromatic carbocycles. The van der Waals surface area contributed by atoms with Crippen molar-refractivity contribution in [3.05, 3.63) is 56.5 Å². The summed E-state index contributed by atoms with van der Waals surface area (Å²) < 4.78 is 14.1. The molecule has 20 heavy (non-hydrogen) atoms. The Morgan fingerprint density at radius 3 is 2.75 bits per heavy atom. The van der Waals surface area contributed by atoms with Crippen LogP contribution in [0.25, 0.3) is 0 Å². The van der Waals surface area contributed by atoms with Gasteiger partial charge in [-0.25, -0.2) is 4.39 Å². The molecule has 0 saturated heterocycles. The number of hydrogen-bond donors (Lipinski definition) is 2. The maximum atomic E-state index is 13.3. The van der Waals surface area contributed by atoms with Gasteiger partial charge in [-0.2, -0.15) is 0 Å². The van der Waals surface area contributed by atoms with Gasteiger partial charge in [-0.05, 0) is 36.2 Å². The molecule has 0 spiro atoms. The molecule has 1 unspecified atom stereocenters. The van der Waals surface area contributed by atoms with Crippen molar-refractivity contribution in [2.75, 3.05) is 0 Å². The van der Waals surface area contributed by atoms with Crippen molar-refractivity contribution in [1.29, 1.82) is 0 Å². The molecule has 1 atom stereocenters. The minimum absolute atomic E-state index is 0.232. The number of thiophene rings is 1. The van der Waals surface area contributed by atoms with E-state index in [0.717, 1.165) is 16.3 Å². The molecule has 108 valence electrons. The van der Waals surface area contributed by atoms with Crippen molar-refractivity contribution in [3.63, 3.8) is 0 Å². The lowest BCUT2D eigenvalue weighted by Gasteiger charge is -2.16. The van der Waals surface area contributed by atoms with Crippen LogP contribution in [0, 0.1) is 5.82 Å². The van der Waals surface area contributed by atoms with Gasteiger partial charge >= 0.3 is 0 Å². The van der Waals surface area contributed by atoms with Crippen molar-refractivity contribution < 1.29 is 9.50 Å². The third kappa shape index (κ3) is 3.79. The van der Waals surface area contributed by atoms with Crippen LogP contribution >= 0.6 is 22.9 Å². The highest BCUT2D eigenvalue weighted by molar-refractivity contribution is 7.16. The third-order valence-electron chi connectivity index (χ3n) is 3.18. The highest BCUT2D eigenvalue weighted by Crippen LogP contribution is 2.28. The Labute approximate surface area is 127 Å². The molecule has 0 amide bonds. The lowest BCUT2D eigenvalue weighted by molar-refractivity contribution is 0.275. The van der Waals surface area contributed by atoms with Gasteiger partial charge in [0.25, 0.3) is 0 Å². The first-order chi connectivity index (χ1) is 9.63. The van der Waals surface area contributed by atoms with E-state index in [1.807, 2.05) is 12.1 Å². The Morgan fingerprint density at radius 1 is 1.35 bits per heavy atom. The van der Waals surface area contributed by atoms with E-state index in [1.54, 1.807) is 23.5 Å². The molecule has 2 N–H and O–H groups in total. The quantitative estimate of drug-likeness (QED) is 0.834. The van der Waals surface area contributed by atoms with E-state index in [0.29, 0.717) is 12.1 Å². The monoisotopic (exact) mass is 313 g/mol. The SMILES string of the molecule is CCC(NCc1ccc(F)c(CO)c1)c1ccc(Cl)s1. The Bertz CT molecular complexity index is 573. The first-order valence-corrected chi connectivity index (χ1v) is 7.70. The van der Waals surface area contributed by atoms with Crippen LogP contribution in [0.2, 0.25) is 4.34 Å². The first kappa shape index (κ1) is 15.4. The standard InChI is InChI=1S/C15H17ClFNOS/c1-2-13(14-5-6-15(16)20-14)18-8-10-3-4-12(17)11(7-10)9-19/h3-7,13,18-19H,2,8-9H2,1H3. The molecule has 0 aliphatic heterocycles. The van der Waals surface area contributed by atoms with Crippen molar-refractivity contribution in [1.82, 2.24) is 5.32 Å². The zero-order valence-electron chi connectivity index (χ0n) is 11.2. The summed E-state index contributed by atoms with van der Waals surface area (Å²) in [4.78, 5) is 1.20. The fourth-order valence-electron chi connectivity index (χ4n) is 2.06. The van der Waals surface area contributed by atoms with E-state index in [1.165, 1.54) is 10.9 Å². The fourth-order valence-corrected chi connectivity index (χ4v) is 3.28. The topological polar surface area (TPSA) is 32.3 Å². The van der Waals surface area contributed by atoms with E-state index in [4.69, 9.17) is 16.7 Å². The van der Waals surface area contributed by atoms with Gasteiger partial charge in [0, 0.05) is 23.0 Å². The Kier molecular flexibility index (Phi) is 5.54. The summed E-state index contributed by atoms with van der Waals surface area (Å²) in [6.45, 7) is 2.45. The van der Waals surface area contributed by atoms with Crippen LogP contribution in [0.15, 0.2) is 30.3 Å². The van der Waals surface area contributed by atoms with Crippen molar-refractivity contribution in [2.24, 2.45) is 0 Å². The zero-order chi connectivity index (χ0) is 14.5. The molecule has 5 heteroatoms. The molecule has 0 fully saturated rings. The van der Waals surface area contributed by atoms with Crippen LogP contribution in [-0.2, 0) is 13.2 Å². The van der Waals surface area contributed by atoms with Crippen LogP contribution in [-0.4, -0.2) is 5.11 Å². The van der Waals surface area contributed by atoms with E-state index in [2.05, 4.69) is 12.2 Å². The Hall–Kier alpha value is -0.940. The highest BCUT2D eigenvalue weighted by atomic mass is 35.5. The average Bonchev–Trinajstić information content (AvgIpc) is 2.87. The lowest BCUT2D eigenvalue weighted by atomic mass is 10.1. The fraction of sp³-hybridized carbons (Fsp3) is 0.333. The number of aliphatic hydroxyl groups is 1. The van der Waals surface area contributed by atoms with Gasteiger partial charge in [0.15, 0.2) is 0 Å². The Morgan fingerprint density at radius 2 is 2.15 bits per heavy atom. The number of hydrogen-bond acceptors (Lipinski definition) is 3. The van der Waals surface area contributed by atoms with Gasteiger partial charge in [-0.1, -0.05) is 24.6 Å². The van der Waals surface area contributed by atoms with Crippen molar-refractivity contribution in [3.8, 4) is 0 Å². The number of aliphatic hydroxyl groups excluding tert-OH is 1. The van der Waals surface area contributed by atoms with Crippen LogP contribution in [0.4, 0.5) is 4.39 Å². The average molecular weight is 314 g/mol. The van der Waals surface area contributed by atoms with Gasteiger partial charge in [0.1, 0.15) is 5.82 Å². The summed E-state index contributed by atoms with van der Waals surface area (Å²) in [5, 5.41) is 12.5. The molecule has 1 aromatic heterocycles. The smallest absolute Gasteiger partial charge is 0.128 e. The summed E-state index contributed by atoms with van der Waals surface area (Å²) in [5.74, 6) is -0.367. The number of nitrogens with one attached hydrogen (secondary N) is 1. The molecule has 2 nitrogen and oxygen atoms in total.